The summed E-state index contributed by atoms with van der Waals surface area (Å²) in [5, 5.41) is 1.05. The highest BCUT2D eigenvalue weighted by Crippen LogP contribution is 2.06. The molecule has 7 heavy (non-hydrogen) atoms. The van der Waals surface area contributed by atoms with Gasteiger partial charge in [0.1, 0.15) is 0 Å². The number of alkyl halides is 1. The predicted molar refractivity (Wildman–Crippen MR) is 24.9 cm³/mol. The highest BCUT2D eigenvalue weighted by atomic mass is 35.5. The molecule has 0 aliphatic carbocycles. The number of hydrogen-bond acceptors (Lipinski definition) is 2. The van der Waals surface area contributed by atoms with Gasteiger partial charge in [0, 0.05) is 6.20 Å². The fourth-order valence-electron chi connectivity index (χ4n) is 0.308. The molecule has 1 aliphatic heterocycles. The van der Waals surface area contributed by atoms with Crippen LogP contribution in [0.15, 0.2) is 12.4 Å². The van der Waals surface area contributed by atoms with Crippen LogP contribution in [-0.2, 0) is 0 Å². The van der Waals surface area contributed by atoms with Gasteiger partial charge in [-0.15, -0.1) is 0 Å². The molecule has 1 unspecified atom stereocenters. The lowest BCUT2D eigenvalue weighted by Gasteiger charge is -2.05. The zero-order valence-corrected chi connectivity index (χ0v) is 4.14. The lowest BCUT2D eigenvalue weighted by Crippen LogP contribution is -2.22. The van der Waals surface area contributed by atoms with Gasteiger partial charge in [-0.1, -0.05) is 16.1 Å². The third kappa shape index (κ3) is 0.771. The van der Waals surface area contributed by atoms with Crippen LogP contribution in [0.3, 0.4) is 0 Å². The molecule has 0 saturated carbocycles. The van der Waals surface area contributed by atoms with Crippen LogP contribution in [0.5, 0.6) is 0 Å². The fourth-order valence-corrected chi connectivity index (χ4v) is 0.438. The van der Waals surface area contributed by atoms with Crippen molar-refractivity contribution in [1.29, 1.82) is 0 Å². The van der Waals surface area contributed by atoms with E-state index in [0.29, 0.717) is 0 Å². The van der Waals surface area contributed by atoms with Gasteiger partial charge in [0.05, 0.1) is 6.20 Å². The van der Waals surface area contributed by atoms with Crippen LogP contribution < -0.4 is 5.31 Å². The van der Waals surface area contributed by atoms with Gasteiger partial charge in [-0.25, -0.2) is 0 Å². The van der Waals surface area contributed by atoms with Crippen LogP contribution in [0.25, 0.3) is 0 Å². The Labute approximate surface area is 47.0 Å². The Kier molecular flexibility index (Phi) is 0.800. The maximum absolute atomic E-state index is 12.0. The summed E-state index contributed by atoms with van der Waals surface area (Å²) in [4.78, 5) is 0. The SMILES string of the molecule is [2H]N1C=CN(F)C1Cl. The number of nitrogens with one attached hydrogen (secondary N) is 1. The summed E-state index contributed by atoms with van der Waals surface area (Å²) < 4.78 is 18.8. The number of rotatable bonds is 0. The Hall–Kier alpha value is -0.440. The van der Waals surface area contributed by atoms with Crippen molar-refractivity contribution >= 4 is 11.6 Å². The van der Waals surface area contributed by atoms with E-state index < -0.39 is 5.62 Å². The molecule has 1 heterocycles. The molecule has 0 saturated heterocycles. The maximum atomic E-state index is 12.0. The van der Waals surface area contributed by atoms with Gasteiger partial charge >= 0.3 is 0 Å². The molecular weight excluding hydrogens is 118 g/mol. The first-order chi connectivity index (χ1) is 3.72. The van der Waals surface area contributed by atoms with Crippen LogP contribution in [0.1, 0.15) is 0 Å². The number of hydrogen-bond donors (Lipinski definition) is 1. The fraction of sp³-hybridized carbons (Fsp3) is 0.333. The Bertz CT molecular complexity index is 108. The minimum atomic E-state index is -0.991. The molecule has 0 aromatic heterocycles. The molecule has 0 radical (unpaired) electrons. The van der Waals surface area contributed by atoms with E-state index in [4.69, 9.17) is 13.0 Å². The summed E-state index contributed by atoms with van der Waals surface area (Å²) in [6, 6.07) is 0. The van der Waals surface area contributed by atoms with Crippen LogP contribution in [0.4, 0.5) is 4.48 Å². The van der Waals surface area contributed by atoms with E-state index in [2.05, 4.69) is 0 Å². The van der Waals surface area contributed by atoms with Gasteiger partial charge in [-0.3, -0.25) is 0 Å². The Balaban J connectivity index is 2.55. The Morgan fingerprint density at radius 1 is 2.14 bits per heavy atom. The van der Waals surface area contributed by atoms with Gasteiger partial charge in [-0.2, -0.15) is 5.12 Å². The normalized spacial score (nSPS) is 31.7. The molecule has 0 spiro atoms. The Morgan fingerprint density at radius 3 is 3.00 bits per heavy atom. The minimum Gasteiger partial charge on any atom is -0.355 e. The molecule has 40 valence electrons. The summed E-state index contributed by atoms with van der Waals surface area (Å²) in [7, 11) is 0. The van der Waals surface area contributed by atoms with Crippen molar-refractivity contribution in [1.82, 2.24) is 10.4 Å². The Morgan fingerprint density at radius 2 is 2.86 bits per heavy atom. The third-order valence-electron chi connectivity index (χ3n) is 0.622. The molecule has 1 aliphatic rings. The highest BCUT2D eigenvalue weighted by molar-refractivity contribution is 6.20. The number of halogens is 2. The summed E-state index contributed by atoms with van der Waals surface area (Å²) in [6.07, 6.45) is 2.32. The van der Waals surface area contributed by atoms with Crippen molar-refractivity contribution in [2.45, 2.75) is 5.62 Å². The second kappa shape index (κ2) is 1.58. The maximum Gasteiger partial charge on any atom is 0.205 e. The van der Waals surface area contributed by atoms with Gasteiger partial charge in [0.15, 0.2) is 1.41 Å². The summed E-state index contributed by atoms with van der Waals surface area (Å²) in [6.45, 7) is 0. The number of nitrogens with zero attached hydrogens (tertiary/aromatic N) is 1. The molecule has 4 heteroatoms. The average molecular weight is 124 g/mol. The van der Waals surface area contributed by atoms with Crippen molar-refractivity contribution in [2.24, 2.45) is 0 Å². The monoisotopic (exact) mass is 123 g/mol. The van der Waals surface area contributed by atoms with Gasteiger partial charge in [-0.05, 0) is 0 Å². The molecule has 0 fully saturated rings. The summed E-state index contributed by atoms with van der Waals surface area (Å²) in [5.41, 5.74) is -0.991. The van der Waals surface area contributed by atoms with E-state index in [1.54, 1.807) is 0 Å². The average Bonchev–Trinajstić information content (AvgIpc) is 1.98. The van der Waals surface area contributed by atoms with Crippen molar-refractivity contribution < 1.29 is 5.89 Å². The first kappa shape index (κ1) is 3.55. The predicted octanol–water partition coefficient (Wildman–Crippen LogP) is 0.770. The third-order valence-corrected chi connectivity index (χ3v) is 0.921. The molecule has 0 amide bonds. The lowest BCUT2D eigenvalue weighted by molar-refractivity contribution is 0.0784. The van der Waals surface area contributed by atoms with Crippen molar-refractivity contribution in [3.8, 4) is 0 Å². The van der Waals surface area contributed by atoms with Crippen LogP contribution in [0.2, 0.25) is 1.41 Å². The lowest BCUT2D eigenvalue weighted by atomic mass is 11.0. The van der Waals surface area contributed by atoms with Crippen LogP contribution in [-0.4, -0.2) is 10.7 Å². The van der Waals surface area contributed by atoms with E-state index in [0.717, 1.165) is 11.5 Å². The van der Waals surface area contributed by atoms with E-state index in [1.165, 1.54) is 6.20 Å². The van der Waals surface area contributed by atoms with Crippen LogP contribution in [0, 0.1) is 0 Å². The largest absolute Gasteiger partial charge is 0.355 e. The van der Waals surface area contributed by atoms with E-state index in [1.807, 2.05) is 0 Å². The zero-order chi connectivity index (χ0) is 6.15. The molecule has 0 bridgehead atoms. The summed E-state index contributed by atoms with van der Waals surface area (Å²) in [5.74, 6) is 0. The molecule has 0 aromatic rings. The molecule has 2 nitrogen and oxygen atoms in total. The molecular formula is C3H4ClFN2. The quantitative estimate of drug-likeness (QED) is 0.291. The van der Waals surface area contributed by atoms with E-state index in [9.17, 15) is 4.48 Å². The first-order valence-corrected chi connectivity index (χ1v) is 2.19. The van der Waals surface area contributed by atoms with E-state index >= 15 is 0 Å². The molecule has 1 N–H and O–H groups in total. The van der Waals surface area contributed by atoms with Gasteiger partial charge in [0.2, 0.25) is 5.62 Å². The minimum absolute atomic E-state index is 0.245. The second-order valence-electron chi connectivity index (χ2n) is 1.10. The standard InChI is InChI=1S/C3H4ClFN2/c4-3-6-1-2-7(3)5/h1-3,6H/i/hD. The highest BCUT2D eigenvalue weighted by Gasteiger charge is 2.12. The van der Waals surface area contributed by atoms with Crippen molar-refractivity contribution in [3.05, 3.63) is 12.4 Å². The topological polar surface area (TPSA) is 15.3 Å². The van der Waals surface area contributed by atoms with Crippen LogP contribution >= 0.6 is 11.6 Å². The smallest absolute Gasteiger partial charge is 0.205 e. The van der Waals surface area contributed by atoms with Gasteiger partial charge in [0.25, 0.3) is 0 Å². The molecule has 1 atom stereocenters. The summed E-state index contributed by atoms with van der Waals surface area (Å²) >= 11 is 5.24. The molecule has 1 rings (SSSR count). The van der Waals surface area contributed by atoms with Gasteiger partial charge < -0.3 is 5.31 Å². The zero-order valence-electron chi connectivity index (χ0n) is 4.38. The van der Waals surface area contributed by atoms with Crippen molar-refractivity contribution in [3.63, 3.8) is 0 Å². The second-order valence-corrected chi connectivity index (χ2v) is 1.49. The first-order valence-electron chi connectivity index (χ1n) is 2.20. The van der Waals surface area contributed by atoms with Crippen molar-refractivity contribution in [2.75, 3.05) is 0 Å². The molecule has 0 aromatic carbocycles. The van der Waals surface area contributed by atoms with E-state index in [-0.39, 0.29) is 5.12 Å².